The van der Waals surface area contributed by atoms with Crippen molar-refractivity contribution in [3.8, 4) is 5.75 Å². The second kappa shape index (κ2) is 4.87. The molecule has 0 saturated carbocycles. The number of nitrogens with one attached hydrogen (secondary N) is 1. The lowest BCUT2D eigenvalue weighted by Gasteiger charge is -2.08. The molecule has 18 heavy (non-hydrogen) atoms. The number of amides is 1. The van der Waals surface area contributed by atoms with Crippen LogP contribution in [0.4, 0.5) is 5.69 Å². The van der Waals surface area contributed by atoms with Gasteiger partial charge in [-0.15, -0.1) is 0 Å². The summed E-state index contributed by atoms with van der Waals surface area (Å²) in [5.74, 6) is -0.140. The van der Waals surface area contributed by atoms with Gasteiger partial charge in [0.25, 0.3) is 5.91 Å². The summed E-state index contributed by atoms with van der Waals surface area (Å²) in [5, 5.41) is 12.3. The maximum atomic E-state index is 12.0. The van der Waals surface area contributed by atoms with E-state index in [4.69, 9.17) is 0 Å². The fourth-order valence-electron chi connectivity index (χ4n) is 1.61. The molecule has 1 heterocycles. The molecule has 0 aliphatic rings. The van der Waals surface area contributed by atoms with Crippen LogP contribution >= 0.6 is 0 Å². The van der Waals surface area contributed by atoms with E-state index in [1.54, 1.807) is 37.4 Å². The number of anilines is 1. The highest BCUT2D eigenvalue weighted by molar-refractivity contribution is 6.05. The second-order valence-corrected chi connectivity index (χ2v) is 4.09. The van der Waals surface area contributed by atoms with Crippen molar-refractivity contribution in [2.45, 2.75) is 13.8 Å². The Hall–Kier alpha value is -2.36. The third-order valence-corrected chi connectivity index (χ3v) is 2.72. The lowest BCUT2D eigenvalue weighted by atomic mass is 10.1. The van der Waals surface area contributed by atoms with Gasteiger partial charge >= 0.3 is 0 Å². The molecule has 2 rings (SSSR count). The van der Waals surface area contributed by atoms with Crippen molar-refractivity contribution in [1.82, 2.24) is 4.98 Å². The monoisotopic (exact) mass is 242 g/mol. The Morgan fingerprint density at radius 2 is 2.00 bits per heavy atom. The van der Waals surface area contributed by atoms with E-state index >= 15 is 0 Å². The van der Waals surface area contributed by atoms with Crippen molar-refractivity contribution in [1.29, 1.82) is 0 Å². The zero-order valence-electron chi connectivity index (χ0n) is 10.3. The second-order valence-electron chi connectivity index (χ2n) is 4.09. The quantitative estimate of drug-likeness (QED) is 0.851. The molecule has 0 unspecified atom stereocenters. The SMILES string of the molecule is Cc1ccc(NC(=O)c2cccc(O)c2C)cn1. The van der Waals surface area contributed by atoms with Gasteiger partial charge in [-0.2, -0.15) is 0 Å². The van der Waals surface area contributed by atoms with Crippen molar-refractivity contribution in [2.24, 2.45) is 0 Å². The molecule has 1 aromatic carbocycles. The zero-order valence-corrected chi connectivity index (χ0v) is 10.3. The molecular formula is C14H14N2O2. The molecule has 0 radical (unpaired) electrons. The first-order valence-electron chi connectivity index (χ1n) is 5.60. The minimum Gasteiger partial charge on any atom is -0.508 e. The topological polar surface area (TPSA) is 62.2 Å². The summed E-state index contributed by atoms with van der Waals surface area (Å²) >= 11 is 0. The Morgan fingerprint density at radius 3 is 2.67 bits per heavy atom. The number of phenolic OH excluding ortho intramolecular Hbond substituents is 1. The predicted octanol–water partition coefficient (Wildman–Crippen LogP) is 2.66. The summed E-state index contributed by atoms with van der Waals surface area (Å²) in [5.41, 5.74) is 2.54. The van der Waals surface area contributed by atoms with Crippen molar-refractivity contribution in [2.75, 3.05) is 5.32 Å². The van der Waals surface area contributed by atoms with Gasteiger partial charge in [-0.05, 0) is 38.1 Å². The summed E-state index contributed by atoms with van der Waals surface area (Å²) in [4.78, 5) is 16.1. The first kappa shape index (κ1) is 12.1. The van der Waals surface area contributed by atoms with Crippen molar-refractivity contribution < 1.29 is 9.90 Å². The third kappa shape index (κ3) is 2.48. The van der Waals surface area contributed by atoms with E-state index in [2.05, 4.69) is 10.3 Å². The van der Waals surface area contributed by atoms with Gasteiger partial charge in [-0.1, -0.05) is 6.07 Å². The third-order valence-electron chi connectivity index (χ3n) is 2.72. The lowest BCUT2D eigenvalue weighted by Crippen LogP contribution is -2.13. The molecule has 4 nitrogen and oxygen atoms in total. The van der Waals surface area contributed by atoms with Crippen molar-refractivity contribution >= 4 is 11.6 Å². The van der Waals surface area contributed by atoms with Crippen LogP contribution in [-0.4, -0.2) is 16.0 Å². The average Bonchev–Trinajstić information content (AvgIpc) is 2.35. The molecule has 0 aliphatic heterocycles. The molecule has 1 amide bonds. The number of benzene rings is 1. The van der Waals surface area contributed by atoms with Crippen LogP contribution in [0.1, 0.15) is 21.6 Å². The summed E-state index contributed by atoms with van der Waals surface area (Å²) in [6.45, 7) is 3.59. The van der Waals surface area contributed by atoms with Gasteiger partial charge in [-0.25, -0.2) is 0 Å². The Morgan fingerprint density at radius 1 is 1.22 bits per heavy atom. The fraction of sp³-hybridized carbons (Fsp3) is 0.143. The normalized spacial score (nSPS) is 10.1. The van der Waals surface area contributed by atoms with Crippen LogP contribution in [0.3, 0.4) is 0 Å². The number of rotatable bonds is 2. The fourth-order valence-corrected chi connectivity index (χ4v) is 1.61. The smallest absolute Gasteiger partial charge is 0.256 e. The number of aryl methyl sites for hydroxylation is 1. The van der Waals surface area contributed by atoms with E-state index in [0.29, 0.717) is 16.8 Å². The van der Waals surface area contributed by atoms with Gasteiger partial charge < -0.3 is 10.4 Å². The van der Waals surface area contributed by atoms with Crippen LogP contribution in [0.2, 0.25) is 0 Å². The Bertz CT molecular complexity index is 577. The number of nitrogens with zero attached hydrogens (tertiary/aromatic N) is 1. The highest BCUT2D eigenvalue weighted by Crippen LogP contribution is 2.20. The van der Waals surface area contributed by atoms with Gasteiger partial charge in [0.2, 0.25) is 0 Å². The van der Waals surface area contributed by atoms with Crippen LogP contribution in [0.5, 0.6) is 5.75 Å². The number of hydrogen-bond donors (Lipinski definition) is 2. The molecule has 0 fully saturated rings. The van der Waals surface area contributed by atoms with Crippen molar-refractivity contribution in [3.05, 3.63) is 53.3 Å². The largest absolute Gasteiger partial charge is 0.508 e. The Kier molecular flexibility index (Phi) is 3.28. The molecule has 2 aromatic rings. The molecule has 0 aliphatic carbocycles. The van der Waals surface area contributed by atoms with Gasteiger partial charge in [0.05, 0.1) is 11.9 Å². The molecule has 2 N–H and O–H groups in total. The van der Waals surface area contributed by atoms with Crippen molar-refractivity contribution in [3.63, 3.8) is 0 Å². The van der Waals surface area contributed by atoms with Gasteiger partial charge in [0, 0.05) is 16.8 Å². The molecule has 0 atom stereocenters. The molecule has 0 spiro atoms. The minimum atomic E-state index is -0.256. The van der Waals surface area contributed by atoms with E-state index in [0.717, 1.165) is 5.69 Å². The maximum Gasteiger partial charge on any atom is 0.256 e. The molecule has 92 valence electrons. The molecule has 4 heteroatoms. The number of phenols is 1. The predicted molar refractivity (Wildman–Crippen MR) is 69.8 cm³/mol. The standard InChI is InChI=1S/C14H14N2O2/c1-9-6-7-11(8-15-9)16-14(18)12-4-3-5-13(17)10(12)2/h3-8,17H,1-2H3,(H,16,18). The molecular weight excluding hydrogens is 228 g/mol. The summed E-state index contributed by atoms with van der Waals surface area (Å²) < 4.78 is 0. The van der Waals surface area contributed by atoms with Crippen LogP contribution in [0, 0.1) is 13.8 Å². The number of hydrogen-bond acceptors (Lipinski definition) is 3. The number of aromatic hydroxyl groups is 1. The van der Waals surface area contributed by atoms with E-state index in [1.807, 2.05) is 13.0 Å². The average molecular weight is 242 g/mol. The maximum absolute atomic E-state index is 12.0. The first-order valence-corrected chi connectivity index (χ1v) is 5.60. The van der Waals surface area contributed by atoms with Gasteiger partial charge in [-0.3, -0.25) is 9.78 Å². The summed E-state index contributed by atoms with van der Waals surface area (Å²) in [7, 11) is 0. The number of carbonyl (C=O) groups is 1. The Labute approximate surface area is 105 Å². The van der Waals surface area contributed by atoms with Crippen LogP contribution in [0.25, 0.3) is 0 Å². The van der Waals surface area contributed by atoms with E-state index < -0.39 is 0 Å². The molecule has 0 saturated heterocycles. The van der Waals surface area contributed by atoms with Gasteiger partial charge in [0.1, 0.15) is 5.75 Å². The van der Waals surface area contributed by atoms with E-state index in [1.165, 1.54) is 0 Å². The Balaban J connectivity index is 2.22. The van der Waals surface area contributed by atoms with Crippen LogP contribution < -0.4 is 5.32 Å². The van der Waals surface area contributed by atoms with E-state index in [9.17, 15) is 9.90 Å². The number of aromatic nitrogens is 1. The molecule has 1 aromatic heterocycles. The molecule has 0 bridgehead atoms. The summed E-state index contributed by atoms with van der Waals surface area (Å²) in [6, 6.07) is 8.49. The lowest BCUT2D eigenvalue weighted by molar-refractivity contribution is 0.102. The highest BCUT2D eigenvalue weighted by Gasteiger charge is 2.11. The van der Waals surface area contributed by atoms with Gasteiger partial charge in [0.15, 0.2) is 0 Å². The zero-order chi connectivity index (χ0) is 13.1. The highest BCUT2D eigenvalue weighted by atomic mass is 16.3. The number of pyridine rings is 1. The van der Waals surface area contributed by atoms with Crippen LogP contribution in [0.15, 0.2) is 36.5 Å². The number of carbonyl (C=O) groups excluding carboxylic acids is 1. The van der Waals surface area contributed by atoms with Crippen LogP contribution in [-0.2, 0) is 0 Å². The first-order chi connectivity index (χ1) is 8.58. The summed E-state index contributed by atoms with van der Waals surface area (Å²) in [6.07, 6.45) is 1.60. The minimum absolute atomic E-state index is 0.115. The van der Waals surface area contributed by atoms with E-state index in [-0.39, 0.29) is 11.7 Å².